The number of aromatic nitrogens is 6. The van der Waals surface area contributed by atoms with Crippen LogP contribution in [0.1, 0.15) is 6.92 Å². The molecule has 2 aromatic carbocycles. The van der Waals surface area contributed by atoms with Crippen molar-refractivity contribution in [3.8, 4) is 28.4 Å². The van der Waals surface area contributed by atoms with Gasteiger partial charge in [-0.1, -0.05) is 17.7 Å². The van der Waals surface area contributed by atoms with Gasteiger partial charge in [-0.2, -0.15) is 0 Å². The number of anilines is 2. The smallest absolute Gasteiger partial charge is 0.227 e. The number of tetrazole rings is 1. The van der Waals surface area contributed by atoms with Crippen LogP contribution >= 0.6 is 11.6 Å². The van der Waals surface area contributed by atoms with E-state index >= 15 is 0 Å². The Bertz CT molecular complexity index is 1200. The van der Waals surface area contributed by atoms with Gasteiger partial charge in [-0.05, 0) is 47.2 Å². The maximum Gasteiger partial charge on any atom is 0.227 e. The maximum atomic E-state index is 6.34. The third-order valence-electron chi connectivity index (χ3n) is 4.74. The van der Waals surface area contributed by atoms with Gasteiger partial charge in [0, 0.05) is 24.0 Å². The van der Waals surface area contributed by atoms with Crippen LogP contribution in [0.2, 0.25) is 5.02 Å². The molecular formula is C22H22ClN7O3. The molecule has 0 aliphatic rings. The zero-order chi connectivity index (χ0) is 23.2. The van der Waals surface area contributed by atoms with E-state index in [1.54, 1.807) is 43.4 Å². The molecule has 4 aromatic rings. The lowest BCUT2D eigenvalue weighted by Gasteiger charge is -2.16. The second kappa shape index (κ2) is 10.1. The number of nitrogens with one attached hydrogen (secondary N) is 1. The van der Waals surface area contributed by atoms with Crippen molar-refractivity contribution in [3.05, 3.63) is 60.1 Å². The Morgan fingerprint density at radius 3 is 2.52 bits per heavy atom. The summed E-state index contributed by atoms with van der Waals surface area (Å²) in [6.07, 6.45) is 4.79. The lowest BCUT2D eigenvalue weighted by molar-refractivity contribution is 0.193. The molecule has 0 amide bonds. The molecule has 0 radical (unpaired) electrons. The van der Waals surface area contributed by atoms with Crippen molar-refractivity contribution in [2.75, 3.05) is 19.5 Å². The van der Waals surface area contributed by atoms with Crippen LogP contribution < -0.4 is 19.5 Å². The topological polar surface area (TPSA) is 109 Å². The number of hydrogen-bond donors (Lipinski definition) is 1. The normalized spacial score (nSPS) is 11.6. The zero-order valence-electron chi connectivity index (χ0n) is 18.3. The molecule has 2 heterocycles. The fourth-order valence-electron chi connectivity index (χ4n) is 3.12. The van der Waals surface area contributed by atoms with E-state index in [0.717, 1.165) is 16.8 Å². The summed E-state index contributed by atoms with van der Waals surface area (Å²) >= 11 is 6.34. The molecule has 0 aliphatic carbocycles. The summed E-state index contributed by atoms with van der Waals surface area (Å²) in [7, 11) is 3.19. The second-order valence-electron chi connectivity index (χ2n) is 7.09. The molecule has 10 nitrogen and oxygen atoms in total. The van der Waals surface area contributed by atoms with Gasteiger partial charge in [0.05, 0.1) is 31.5 Å². The summed E-state index contributed by atoms with van der Waals surface area (Å²) < 4.78 is 18.2. The van der Waals surface area contributed by atoms with Crippen LogP contribution in [-0.4, -0.2) is 50.5 Å². The van der Waals surface area contributed by atoms with Gasteiger partial charge in [-0.15, -0.1) is 5.10 Å². The highest BCUT2D eigenvalue weighted by Gasteiger charge is 2.12. The number of nitrogens with zero attached hydrogens (tertiary/aromatic N) is 6. The molecule has 2 aromatic heterocycles. The summed E-state index contributed by atoms with van der Waals surface area (Å²) in [5.74, 6) is 2.31. The van der Waals surface area contributed by atoms with E-state index in [1.165, 1.54) is 6.33 Å². The van der Waals surface area contributed by atoms with Gasteiger partial charge in [0.1, 0.15) is 29.7 Å². The number of rotatable bonds is 9. The standard InChI is InChI=1S/C22H22ClN7O3/c1-14(12-30-13-26-28-29-30)33-20-8-15(4-6-18(20)23)16-10-24-22(25-11-16)27-19-7-5-17(31-2)9-21(19)32-3/h4-11,13-14H,12H2,1-3H3,(H,24,25,27)/t14-/m0/s1. The lowest BCUT2D eigenvalue weighted by Crippen LogP contribution is -2.20. The van der Waals surface area contributed by atoms with E-state index in [0.29, 0.717) is 34.8 Å². The molecule has 0 bridgehead atoms. The average molecular weight is 468 g/mol. The number of ether oxygens (including phenoxy) is 3. The number of hydrogen-bond acceptors (Lipinski definition) is 9. The predicted molar refractivity (Wildman–Crippen MR) is 123 cm³/mol. The molecule has 11 heteroatoms. The average Bonchev–Trinajstić information content (AvgIpc) is 3.34. The van der Waals surface area contributed by atoms with Crippen LogP contribution in [0.25, 0.3) is 11.1 Å². The van der Waals surface area contributed by atoms with Crippen molar-refractivity contribution < 1.29 is 14.2 Å². The first-order valence-corrected chi connectivity index (χ1v) is 10.4. The highest BCUT2D eigenvalue weighted by atomic mass is 35.5. The zero-order valence-corrected chi connectivity index (χ0v) is 19.0. The minimum absolute atomic E-state index is 0.191. The van der Waals surface area contributed by atoms with Crippen molar-refractivity contribution in [2.24, 2.45) is 0 Å². The molecular weight excluding hydrogens is 446 g/mol. The van der Waals surface area contributed by atoms with Gasteiger partial charge in [-0.25, -0.2) is 14.6 Å². The van der Waals surface area contributed by atoms with E-state index < -0.39 is 0 Å². The quantitative estimate of drug-likeness (QED) is 0.390. The number of halogens is 1. The van der Waals surface area contributed by atoms with Gasteiger partial charge >= 0.3 is 0 Å². The monoisotopic (exact) mass is 467 g/mol. The summed E-state index contributed by atoms with van der Waals surface area (Å²) in [6.45, 7) is 2.41. The molecule has 0 spiro atoms. The van der Waals surface area contributed by atoms with Crippen LogP contribution in [0.4, 0.5) is 11.6 Å². The molecule has 0 aliphatic heterocycles. The van der Waals surface area contributed by atoms with Gasteiger partial charge in [-0.3, -0.25) is 0 Å². The van der Waals surface area contributed by atoms with Gasteiger partial charge in [0.15, 0.2) is 0 Å². The first-order valence-electron chi connectivity index (χ1n) is 10.0. The third-order valence-corrected chi connectivity index (χ3v) is 5.05. The van der Waals surface area contributed by atoms with Crippen LogP contribution in [-0.2, 0) is 6.54 Å². The molecule has 0 saturated heterocycles. The fourth-order valence-corrected chi connectivity index (χ4v) is 3.28. The molecule has 0 unspecified atom stereocenters. The lowest BCUT2D eigenvalue weighted by atomic mass is 10.1. The molecule has 0 saturated carbocycles. The van der Waals surface area contributed by atoms with E-state index in [2.05, 4.69) is 30.8 Å². The van der Waals surface area contributed by atoms with Gasteiger partial charge in [0.2, 0.25) is 5.95 Å². The second-order valence-corrected chi connectivity index (χ2v) is 7.50. The Morgan fingerprint density at radius 2 is 1.82 bits per heavy atom. The number of methoxy groups -OCH3 is 2. The maximum absolute atomic E-state index is 6.34. The molecule has 4 rings (SSSR count). The molecule has 170 valence electrons. The highest BCUT2D eigenvalue weighted by molar-refractivity contribution is 6.32. The summed E-state index contributed by atoms with van der Waals surface area (Å²) in [5.41, 5.74) is 2.42. The van der Waals surface area contributed by atoms with Crippen molar-refractivity contribution >= 4 is 23.2 Å². The van der Waals surface area contributed by atoms with Crippen LogP contribution in [0, 0.1) is 0 Å². The minimum atomic E-state index is -0.191. The Kier molecular flexibility index (Phi) is 6.84. The predicted octanol–water partition coefficient (Wildman–Crippen LogP) is 4.01. The SMILES string of the molecule is COc1ccc(Nc2ncc(-c3ccc(Cl)c(O[C@@H](C)Cn4cnnn4)c3)cn2)c(OC)c1. The molecule has 1 N–H and O–H groups in total. The first-order chi connectivity index (χ1) is 16.1. The Morgan fingerprint density at radius 1 is 1.00 bits per heavy atom. The fraction of sp³-hybridized carbons (Fsp3) is 0.227. The molecule has 0 fully saturated rings. The van der Waals surface area contributed by atoms with Crippen LogP contribution in [0.3, 0.4) is 0 Å². The van der Waals surface area contributed by atoms with E-state index in [4.69, 9.17) is 25.8 Å². The molecule has 33 heavy (non-hydrogen) atoms. The first kappa shape index (κ1) is 22.3. The van der Waals surface area contributed by atoms with Crippen molar-refractivity contribution in [1.29, 1.82) is 0 Å². The van der Waals surface area contributed by atoms with Gasteiger partial charge < -0.3 is 19.5 Å². The Hall–Kier alpha value is -3.92. The van der Waals surface area contributed by atoms with Crippen LogP contribution in [0.5, 0.6) is 17.2 Å². The van der Waals surface area contributed by atoms with E-state index in [9.17, 15) is 0 Å². The van der Waals surface area contributed by atoms with Gasteiger partial charge in [0.25, 0.3) is 0 Å². The van der Waals surface area contributed by atoms with Crippen molar-refractivity contribution in [1.82, 2.24) is 30.2 Å². The van der Waals surface area contributed by atoms with E-state index in [1.807, 2.05) is 31.2 Å². The largest absolute Gasteiger partial charge is 0.497 e. The van der Waals surface area contributed by atoms with Crippen molar-refractivity contribution in [2.45, 2.75) is 19.6 Å². The number of benzene rings is 2. The van der Waals surface area contributed by atoms with Crippen LogP contribution in [0.15, 0.2) is 55.1 Å². The Balaban J connectivity index is 1.48. The minimum Gasteiger partial charge on any atom is -0.497 e. The summed E-state index contributed by atoms with van der Waals surface area (Å²) in [6, 6.07) is 11.0. The highest BCUT2D eigenvalue weighted by Crippen LogP contribution is 2.33. The van der Waals surface area contributed by atoms with Crippen molar-refractivity contribution in [3.63, 3.8) is 0 Å². The summed E-state index contributed by atoms with van der Waals surface area (Å²) in [4.78, 5) is 8.85. The van der Waals surface area contributed by atoms with E-state index in [-0.39, 0.29) is 6.10 Å². The third kappa shape index (κ3) is 5.47. The summed E-state index contributed by atoms with van der Waals surface area (Å²) in [5, 5.41) is 14.8. The Labute approximate surface area is 195 Å². The molecule has 1 atom stereocenters.